The van der Waals surface area contributed by atoms with Crippen LogP contribution in [-0.2, 0) is 15.1 Å². The molecule has 0 bridgehead atoms. The van der Waals surface area contributed by atoms with Gasteiger partial charge in [-0.1, -0.05) is 26.0 Å². The zero-order valence-corrected chi connectivity index (χ0v) is 19.8. The molecule has 2 amide bonds. The molecule has 3 atom stereocenters. The Labute approximate surface area is 179 Å². The average Bonchev–Trinajstić information content (AvgIpc) is 3.18. The second-order valence-corrected chi connectivity index (χ2v) is 10.9. The number of nitrogens with zero attached hydrogens (tertiary/aromatic N) is 4. The summed E-state index contributed by atoms with van der Waals surface area (Å²) in [6.07, 6.45) is 1.31. The maximum absolute atomic E-state index is 13.6. The van der Waals surface area contributed by atoms with Gasteiger partial charge in [0.15, 0.2) is 0 Å². The summed E-state index contributed by atoms with van der Waals surface area (Å²) < 4.78 is 1.59. The van der Waals surface area contributed by atoms with Crippen molar-refractivity contribution in [1.82, 2.24) is 30.5 Å². The van der Waals surface area contributed by atoms with E-state index in [1.54, 1.807) is 10.9 Å². The molecule has 1 aliphatic heterocycles. The van der Waals surface area contributed by atoms with E-state index in [9.17, 15) is 14.7 Å². The van der Waals surface area contributed by atoms with Crippen LogP contribution in [0, 0.1) is 5.41 Å². The Morgan fingerprint density at radius 1 is 1.17 bits per heavy atom. The number of carbonyl (C=O) groups is 2. The first kappa shape index (κ1) is 24.3. The quantitative estimate of drug-likeness (QED) is 0.657. The number of likely N-dealkylation sites (tertiary alicyclic amines) is 1. The van der Waals surface area contributed by atoms with E-state index < -0.39 is 29.1 Å². The highest BCUT2D eigenvalue weighted by molar-refractivity contribution is 5.90. The van der Waals surface area contributed by atoms with Gasteiger partial charge in [0.2, 0.25) is 11.8 Å². The summed E-state index contributed by atoms with van der Waals surface area (Å²) in [5.41, 5.74) is -0.330. The molecule has 0 aromatic carbocycles. The Hall–Kier alpha value is -2.00. The molecule has 1 saturated heterocycles. The van der Waals surface area contributed by atoms with Crippen LogP contribution in [0.1, 0.15) is 73.5 Å². The first-order chi connectivity index (χ1) is 13.6. The normalized spacial score (nSPS) is 21.6. The highest BCUT2D eigenvalue weighted by Crippen LogP contribution is 2.35. The van der Waals surface area contributed by atoms with Gasteiger partial charge in [-0.2, -0.15) is 0 Å². The van der Waals surface area contributed by atoms with Crippen molar-refractivity contribution in [3.8, 4) is 0 Å². The van der Waals surface area contributed by atoms with Crippen molar-refractivity contribution in [2.75, 3.05) is 13.6 Å². The van der Waals surface area contributed by atoms with Gasteiger partial charge >= 0.3 is 0 Å². The number of nitrogens with one attached hydrogen (secondary N) is 2. The van der Waals surface area contributed by atoms with Crippen LogP contribution < -0.4 is 10.6 Å². The maximum Gasteiger partial charge on any atom is 0.248 e. The van der Waals surface area contributed by atoms with Crippen LogP contribution in [0.3, 0.4) is 0 Å². The van der Waals surface area contributed by atoms with E-state index in [-0.39, 0.29) is 30.3 Å². The van der Waals surface area contributed by atoms with Gasteiger partial charge in [-0.3, -0.25) is 9.59 Å². The predicted molar refractivity (Wildman–Crippen MR) is 115 cm³/mol. The molecule has 0 unspecified atom stereocenters. The lowest BCUT2D eigenvalue weighted by atomic mass is 9.85. The number of aliphatic hydroxyl groups is 1. The van der Waals surface area contributed by atoms with E-state index in [1.165, 1.54) is 11.9 Å². The molecule has 1 aliphatic rings. The van der Waals surface area contributed by atoms with E-state index in [1.807, 2.05) is 34.6 Å². The number of aliphatic hydroxyl groups excluding tert-OH is 1. The Balaban J connectivity index is 2.39. The van der Waals surface area contributed by atoms with Crippen LogP contribution in [0.15, 0.2) is 6.20 Å². The molecule has 2 rings (SSSR count). The SMILES string of the molecule is CNC(=O)[C@@H]1C[C@@H](O)CN1C(=O)[C@@H](n1cc(C(C)(C)NC(C)(C)C)nn1)C(C)(C)C. The highest BCUT2D eigenvalue weighted by Gasteiger charge is 2.45. The Morgan fingerprint density at radius 3 is 2.27 bits per heavy atom. The molecule has 0 aliphatic carbocycles. The fourth-order valence-electron chi connectivity index (χ4n) is 4.20. The van der Waals surface area contributed by atoms with Crippen molar-refractivity contribution in [3.63, 3.8) is 0 Å². The number of carbonyl (C=O) groups excluding carboxylic acids is 2. The summed E-state index contributed by atoms with van der Waals surface area (Å²) in [7, 11) is 1.53. The van der Waals surface area contributed by atoms with Crippen LogP contribution in [0.5, 0.6) is 0 Å². The number of aromatic nitrogens is 3. The lowest BCUT2D eigenvalue weighted by molar-refractivity contribution is -0.144. The monoisotopic (exact) mass is 422 g/mol. The number of hydrogen-bond acceptors (Lipinski definition) is 6. The number of likely N-dealkylation sites (N-methyl/N-ethyl adjacent to an activating group) is 1. The molecule has 9 nitrogen and oxygen atoms in total. The summed E-state index contributed by atoms with van der Waals surface area (Å²) in [6.45, 7) is 16.3. The zero-order chi connectivity index (χ0) is 23.1. The van der Waals surface area contributed by atoms with E-state index in [0.29, 0.717) is 0 Å². The molecule has 2 heterocycles. The molecule has 0 radical (unpaired) electrons. The second kappa shape index (κ2) is 8.26. The lowest BCUT2D eigenvalue weighted by Gasteiger charge is -2.35. The van der Waals surface area contributed by atoms with Crippen molar-refractivity contribution < 1.29 is 14.7 Å². The van der Waals surface area contributed by atoms with Gasteiger partial charge in [0.25, 0.3) is 0 Å². The van der Waals surface area contributed by atoms with Crippen LogP contribution in [0.2, 0.25) is 0 Å². The third kappa shape index (κ3) is 5.37. The molecule has 0 saturated carbocycles. The van der Waals surface area contributed by atoms with Crippen LogP contribution in [-0.4, -0.2) is 68.1 Å². The van der Waals surface area contributed by atoms with Crippen molar-refractivity contribution >= 4 is 11.8 Å². The maximum atomic E-state index is 13.6. The molecular weight excluding hydrogens is 384 g/mol. The molecule has 3 N–H and O–H groups in total. The molecule has 9 heteroatoms. The van der Waals surface area contributed by atoms with Gasteiger partial charge < -0.3 is 20.6 Å². The topological polar surface area (TPSA) is 112 Å². The van der Waals surface area contributed by atoms with Crippen molar-refractivity contribution in [2.45, 2.75) is 91.1 Å². The lowest BCUT2D eigenvalue weighted by Crippen LogP contribution is -2.50. The molecule has 1 aromatic rings. The third-order valence-electron chi connectivity index (χ3n) is 5.27. The summed E-state index contributed by atoms with van der Waals surface area (Å²) in [4.78, 5) is 27.4. The van der Waals surface area contributed by atoms with Gasteiger partial charge in [-0.25, -0.2) is 4.68 Å². The largest absolute Gasteiger partial charge is 0.391 e. The standard InChI is InChI=1S/C21H38N6O3/c1-19(2,3)16(18(30)26-11-13(28)10-14(26)17(29)22-9)27-12-15(23-25-27)21(7,8)24-20(4,5)6/h12-14,16,24,28H,10-11H2,1-9H3,(H,22,29)/t13-,14+,16-/m1/s1. The van der Waals surface area contributed by atoms with Gasteiger partial charge in [0.05, 0.1) is 17.8 Å². The molecule has 1 aromatic heterocycles. The molecule has 170 valence electrons. The number of hydrogen-bond donors (Lipinski definition) is 3. The fraction of sp³-hybridized carbons (Fsp3) is 0.810. The van der Waals surface area contributed by atoms with Gasteiger partial charge in [-0.05, 0) is 40.0 Å². The average molecular weight is 423 g/mol. The highest BCUT2D eigenvalue weighted by atomic mass is 16.3. The number of β-amino-alcohol motifs (C(OH)–C–C–N with tert-alkyl or cyclic N) is 1. The van der Waals surface area contributed by atoms with E-state index >= 15 is 0 Å². The van der Waals surface area contributed by atoms with Crippen molar-refractivity contribution in [1.29, 1.82) is 0 Å². The smallest absolute Gasteiger partial charge is 0.248 e. The Kier molecular flexibility index (Phi) is 6.68. The third-order valence-corrected chi connectivity index (χ3v) is 5.27. The van der Waals surface area contributed by atoms with Gasteiger partial charge in [0.1, 0.15) is 17.8 Å². The first-order valence-electron chi connectivity index (χ1n) is 10.5. The van der Waals surface area contributed by atoms with Gasteiger partial charge in [0, 0.05) is 25.6 Å². The van der Waals surface area contributed by atoms with Crippen LogP contribution in [0.4, 0.5) is 0 Å². The zero-order valence-electron chi connectivity index (χ0n) is 19.8. The summed E-state index contributed by atoms with van der Waals surface area (Å²) in [5.74, 6) is -0.520. The van der Waals surface area contributed by atoms with Crippen LogP contribution >= 0.6 is 0 Å². The predicted octanol–water partition coefficient (Wildman–Crippen LogP) is 1.20. The fourth-order valence-corrected chi connectivity index (χ4v) is 4.20. The minimum Gasteiger partial charge on any atom is -0.391 e. The molecule has 0 spiro atoms. The van der Waals surface area contributed by atoms with Crippen LogP contribution in [0.25, 0.3) is 0 Å². The van der Waals surface area contributed by atoms with Crippen molar-refractivity contribution in [3.05, 3.63) is 11.9 Å². The second-order valence-electron chi connectivity index (χ2n) is 10.9. The van der Waals surface area contributed by atoms with Gasteiger partial charge in [-0.15, -0.1) is 5.10 Å². The summed E-state index contributed by atoms with van der Waals surface area (Å²) in [5, 5.41) is 24.9. The minimum atomic E-state index is -0.724. The number of amides is 2. The summed E-state index contributed by atoms with van der Waals surface area (Å²) in [6, 6.07) is -1.36. The Bertz CT molecular complexity index is 774. The minimum absolute atomic E-state index is 0.126. The number of rotatable bonds is 5. The Morgan fingerprint density at radius 2 is 1.77 bits per heavy atom. The van der Waals surface area contributed by atoms with Crippen molar-refractivity contribution in [2.24, 2.45) is 5.41 Å². The van der Waals surface area contributed by atoms with E-state index in [4.69, 9.17) is 0 Å². The molecule has 1 fully saturated rings. The molecule has 30 heavy (non-hydrogen) atoms. The molecular formula is C21H38N6O3. The van der Waals surface area contributed by atoms with E-state index in [0.717, 1.165) is 5.69 Å². The first-order valence-corrected chi connectivity index (χ1v) is 10.5. The van der Waals surface area contributed by atoms with E-state index in [2.05, 4.69) is 41.7 Å². The summed E-state index contributed by atoms with van der Waals surface area (Å²) >= 11 is 0.